The van der Waals surface area contributed by atoms with E-state index in [1.165, 1.54) is 17.7 Å². The van der Waals surface area contributed by atoms with Crippen molar-refractivity contribution in [2.24, 2.45) is 0 Å². The molecule has 2 heterocycles. The Morgan fingerprint density at radius 2 is 1.72 bits per heavy atom. The van der Waals surface area contributed by atoms with Crippen LogP contribution in [0.25, 0.3) is 10.9 Å². The summed E-state index contributed by atoms with van der Waals surface area (Å²) in [5.41, 5.74) is 2.03. The molecule has 3 aromatic rings. The van der Waals surface area contributed by atoms with Crippen molar-refractivity contribution >= 4 is 28.3 Å². The Morgan fingerprint density at radius 3 is 2.48 bits per heavy atom. The molecular formula is C19H18ClFN4. The van der Waals surface area contributed by atoms with Crippen LogP contribution in [0.15, 0.2) is 48.8 Å². The van der Waals surface area contributed by atoms with E-state index < -0.39 is 0 Å². The molecule has 1 aromatic heterocycles. The molecule has 0 amide bonds. The normalized spacial score (nSPS) is 15.7. The largest absolute Gasteiger partial charge is 0.353 e. The molecule has 0 radical (unpaired) electrons. The van der Waals surface area contributed by atoms with Crippen LogP contribution in [0.5, 0.6) is 0 Å². The highest BCUT2D eigenvalue weighted by Gasteiger charge is 2.20. The standard InChI is InChI=1S/C19H18ClFN4/c20-15-3-1-14(2-4-15)12-24-7-9-25(10-8-24)19-17-11-16(21)5-6-18(17)22-13-23-19/h1-6,11,13H,7-10,12H2. The van der Waals surface area contributed by atoms with Gasteiger partial charge in [0.2, 0.25) is 0 Å². The first-order valence-corrected chi connectivity index (χ1v) is 8.69. The molecule has 0 spiro atoms. The number of anilines is 1. The van der Waals surface area contributed by atoms with E-state index in [0.717, 1.165) is 54.5 Å². The molecule has 4 nitrogen and oxygen atoms in total. The van der Waals surface area contributed by atoms with E-state index in [9.17, 15) is 4.39 Å². The number of piperazine rings is 1. The van der Waals surface area contributed by atoms with Gasteiger partial charge in [-0.25, -0.2) is 14.4 Å². The highest BCUT2D eigenvalue weighted by molar-refractivity contribution is 6.30. The van der Waals surface area contributed by atoms with E-state index in [1.54, 1.807) is 12.4 Å². The van der Waals surface area contributed by atoms with E-state index in [0.29, 0.717) is 0 Å². The second-order valence-corrected chi connectivity index (χ2v) is 6.68. The Bertz CT molecular complexity index is 876. The van der Waals surface area contributed by atoms with Crippen LogP contribution in [0, 0.1) is 5.82 Å². The smallest absolute Gasteiger partial charge is 0.140 e. The summed E-state index contributed by atoms with van der Waals surface area (Å²) in [6.07, 6.45) is 1.55. The van der Waals surface area contributed by atoms with Crippen LogP contribution in [-0.2, 0) is 6.54 Å². The molecule has 6 heteroatoms. The Hall–Kier alpha value is -2.24. The lowest BCUT2D eigenvalue weighted by atomic mass is 10.2. The molecule has 2 aromatic carbocycles. The quantitative estimate of drug-likeness (QED) is 0.715. The number of hydrogen-bond donors (Lipinski definition) is 0. The van der Waals surface area contributed by atoms with Crippen molar-refractivity contribution in [2.75, 3.05) is 31.1 Å². The van der Waals surface area contributed by atoms with E-state index >= 15 is 0 Å². The number of halogens is 2. The number of nitrogens with zero attached hydrogens (tertiary/aromatic N) is 4. The summed E-state index contributed by atoms with van der Waals surface area (Å²) < 4.78 is 13.6. The maximum Gasteiger partial charge on any atom is 0.140 e. The number of hydrogen-bond acceptors (Lipinski definition) is 4. The molecule has 1 saturated heterocycles. The monoisotopic (exact) mass is 356 g/mol. The minimum atomic E-state index is -0.259. The highest BCUT2D eigenvalue weighted by atomic mass is 35.5. The van der Waals surface area contributed by atoms with Crippen molar-refractivity contribution in [2.45, 2.75) is 6.54 Å². The van der Waals surface area contributed by atoms with Crippen LogP contribution < -0.4 is 4.90 Å². The molecule has 0 N–H and O–H groups in total. The van der Waals surface area contributed by atoms with Gasteiger partial charge in [0.25, 0.3) is 0 Å². The summed E-state index contributed by atoms with van der Waals surface area (Å²) in [6.45, 7) is 4.49. The fraction of sp³-hybridized carbons (Fsp3) is 0.263. The van der Waals surface area contributed by atoms with Gasteiger partial charge in [0.05, 0.1) is 5.52 Å². The zero-order chi connectivity index (χ0) is 17.2. The van der Waals surface area contributed by atoms with Crippen LogP contribution in [0.4, 0.5) is 10.2 Å². The molecule has 0 bridgehead atoms. The minimum Gasteiger partial charge on any atom is -0.353 e. The number of fused-ring (bicyclic) bond motifs is 1. The van der Waals surface area contributed by atoms with Gasteiger partial charge < -0.3 is 4.90 Å². The zero-order valence-electron chi connectivity index (χ0n) is 13.7. The fourth-order valence-electron chi connectivity index (χ4n) is 3.23. The summed E-state index contributed by atoms with van der Waals surface area (Å²) in [7, 11) is 0. The third-order valence-electron chi connectivity index (χ3n) is 4.57. The van der Waals surface area contributed by atoms with Gasteiger partial charge in [0.1, 0.15) is 18.0 Å². The summed E-state index contributed by atoms with van der Waals surface area (Å²) in [5, 5.41) is 1.53. The van der Waals surface area contributed by atoms with E-state index in [1.807, 2.05) is 12.1 Å². The molecule has 0 saturated carbocycles. The fourth-order valence-corrected chi connectivity index (χ4v) is 3.36. The first-order valence-electron chi connectivity index (χ1n) is 8.31. The van der Waals surface area contributed by atoms with Crippen molar-refractivity contribution < 1.29 is 4.39 Å². The predicted octanol–water partition coefficient (Wildman–Crippen LogP) is 3.74. The molecule has 1 aliphatic rings. The van der Waals surface area contributed by atoms with Gasteiger partial charge in [0.15, 0.2) is 0 Å². The average molecular weight is 357 g/mol. The van der Waals surface area contributed by atoms with Crippen LogP contribution in [0.2, 0.25) is 5.02 Å². The van der Waals surface area contributed by atoms with E-state index in [2.05, 4.69) is 31.9 Å². The summed E-state index contributed by atoms with van der Waals surface area (Å²) >= 11 is 5.94. The molecule has 25 heavy (non-hydrogen) atoms. The first kappa shape index (κ1) is 16.2. The minimum absolute atomic E-state index is 0.259. The summed E-state index contributed by atoms with van der Waals surface area (Å²) in [4.78, 5) is 13.3. The Labute approximate surface area is 150 Å². The Kier molecular flexibility index (Phi) is 4.51. The van der Waals surface area contributed by atoms with Gasteiger partial charge >= 0.3 is 0 Å². The van der Waals surface area contributed by atoms with Crippen LogP contribution in [-0.4, -0.2) is 41.0 Å². The van der Waals surface area contributed by atoms with Crippen molar-refractivity contribution in [1.29, 1.82) is 0 Å². The lowest BCUT2D eigenvalue weighted by Crippen LogP contribution is -2.46. The Balaban J connectivity index is 1.47. The number of aromatic nitrogens is 2. The van der Waals surface area contributed by atoms with Gasteiger partial charge in [-0.1, -0.05) is 23.7 Å². The van der Waals surface area contributed by atoms with Crippen LogP contribution in [0.3, 0.4) is 0 Å². The highest BCUT2D eigenvalue weighted by Crippen LogP contribution is 2.25. The molecule has 0 aliphatic carbocycles. The second kappa shape index (κ2) is 6.94. The van der Waals surface area contributed by atoms with E-state index in [4.69, 9.17) is 11.6 Å². The molecule has 4 rings (SSSR count). The van der Waals surface area contributed by atoms with Crippen LogP contribution >= 0.6 is 11.6 Å². The summed E-state index contributed by atoms with van der Waals surface area (Å²) in [6, 6.07) is 12.6. The lowest BCUT2D eigenvalue weighted by Gasteiger charge is -2.35. The molecule has 1 aliphatic heterocycles. The van der Waals surface area contributed by atoms with Crippen molar-refractivity contribution in [3.8, 4) is 0 Å². The lowest BCUT2D eigenvalue weighted by molar-refractivity contribution is 0.249. The molecule has 0 atom stereocenters. The maximum absolute atomic E-state index is 13.6. The average Bonchev–Trinajstić information content (AvgIpc) is 2.64. The van der Waals surface area contributed by atoms with Gasteiger partial charge in [-0.15, -0.1) is 0 Å². The Morgan fingerprint density at radius 1 is 0.960 bits per heavy atom. The maximum atomic E-state index is 13.6. The van der Waals surface area contributed by atoms with Crippen LogP contribution in [0.1, 0.15) is 5.56 Å². The molecular weight excluding hydrogens is 339 g/mol. The van der Waals surface area contributed by atoms with E-state index in [-0.39, 0.29) is 5.82 Å². The van der Waals surface area contributed by atoms with Crippen molar-refractivity contribution in [1.82, 2.24) is 14.9 Å². The first-order chi connectivity index (χ1) is 12.2. The van der Waals surface area contributed by atoms with Gasteiger partial charge in [-0.05, 0) is 35.9 Å². The topological polar surface area (TPSA) is 32.3 Å². The SMILES string of the molecule is Fc1ccc2ncnc(N3CCN(Cc4ccc(Cl)cc4)CC3)c2c1. The molecule has 0 unspecified atom stereocenters. The van der Waals surface area contributed by atoms with Crippen molar-refractivity contribution in [3.05, 3.63) is 65.2 Å². The van der Waals surface area contributed by atoms with Gasteiger partial charge in [0, 0.05) is 43.1 Å². The zero-order valence-corrected chi connectivity index (χ0v) is 14.5. The molecule has 1 fully saturated rings. The van der Waals surface area contributed by atoms with Gasteiger partial charge in [-0.3, -0.25) is 4.90 Å². The summed E-state index contributed by atoms with van der Waals surface area (Å²) in [5.74, 6) is 0.556. The predicted molar refractivity (Wildman–Crippen MR) is 98.4 cm³/mol. The van der Waals surface area contributed by atoms with Gasteiger partial charge in [-0.2, -0.15) is 0 Å². The van der Waals surface area contributed by atoms with Crippen molar-refractivity contribution in [3.63, 3.8) is 0 Å². The number of rotatable bonds is 3. The second-order valence-electron chi connectivity index (χ2n) is 6.25. The third-order valence-corrected chi connectivity index (χ3v) is 4.82. The number of benzene rings is 2. The third kappa shape index (κ3) is 3.57. The molecule has 128 valence electrons.